The molecule has 0 N–H and O–H groups in total. The molecule has 2 aromatic rings. The summed E-state index contributed by atoms with van der Waals surface area (Å²) in [6.07, 6.45) is 2.32. The van der Waals surface area contributed by atoms with Gasteiger partial charge in [-0.3, -0.25) is 9.69 Å². The highest BCUT2D eigenvalue weighted by atomic mass is 16.5. The predicted molar refractivity (Wildman–Crippen MR) is 101 cm³/mol. The molecule has 4 nitrogen and oxygen atoms in total. The Labute approximate surface area is 150 Å². The van der Waals surface area contributed by atoms with Gasteiger partial charge in [0.1, 0.15) is 0 Å². The Hall–Kier alpha value is -2.17. The number of carbonyl (C=O) groups excluding carboxylic acids is 1. The molecule has 25 heavy (non-hydrogen) atoms. The second kappa shape index (κ2) is 8.79. The van der Waals surface area contributed by atoms with Gasteiger partial charge in [-0.05, 0) is 30.5 Å². The van der Waals surface area contributed by atoms with Crippen LogP contribution >= 0.6 is 0 Å². The number of hydrogen-bond donors (Lipinski definition) is 0. The van der Waals surface area contributed by atoms with Crippen LogP contribution in [0.15, 0.2) is 60.7 Å². The molecule has 0 atom stereocenters. The summed E-state index contributed by atoms with van der Waals surface area (Å²) in [4.78, 5) is 17.1. The molecule has 1 aliphatic heterocycles. The van der Waals surface area contributed by atoms with E-state index < -0.39 is 0 Å². The Bertz CT molecular complexity index is 652. The number of ether oxygens (including phenoxy) is 1. The number of rotatable bonds is 6. The highest BCUT2D eigenvalue weighted by Gasteiger charge is 2.23. The lowest BCUT2D eigenvalue weighted by atomic mass is 10.1. The third-order valence-electron chi connectivity index (χ3n) is 4.78. The van der Waals surface area contributed by atoms with E-state index in [4.69, 9.17) is 4.74 Å². The predicted octanol–water partition coefficient (Wildman–Crippen LogP) is 3.33. The third kappa shape index (κ3) is 4.91. The Morgan fingerprint density at radius 3 is 2.24 bits per heavy atom. The quantitative estimate of drug-likeness (QED) is 0.810. The SMILES string of the molecule is COC1CCN(CC(=O)N(Cc2ccccc2)c2ccccc2)CC1. The third-order valence-corrected chi connectivity index (χ3v) is 4.78. The number of methoxy groups -OCH3 is 1. The molecule has 0 saturated carbocycles. The fraction of sp³-hybridized carbons (Fsp3) is 0.381. The molecule has 0 aromatic heterocycles. The molecule has 1 saturated heterocycles. The molecular formula is C21H26N2O2. The Morgan fingerprint density at radius 2 is 1.64 bits per heavy atom. The van der Waals surface area contributed by atoms with Crippen molar-refractivity contribution in [3.63, 3.8) is 0 Å². The number of para-hydroxylation sites is 1. The van der Waals surface area contributed by atoms with Crippen LogP contribution in [0.3, 0.4) is 0 Å². The summed E-state index contributed by atoms with van der Waals surface area (Å²) in [5.41, 5.74) is 2.08. The summed E-state index contributed by atoms with van der Waals surface area (Å²) in [6, 6.07) is 20.1. The van der Waals surface area contributed by atoms with Gasteiger partial charge in [-0.15, -0.1) is 0 Å². The molecule has 1 aliphatic rings. The van der Waals surface area contributed by atoms with Crippen molar-refractivity contribution in [2.75, 3.05) is 31.6 Å². The van der Waals surface area contributed by atoms with Crippen molar-refractivity contribution in [1.29, 1.82) is 0 Å². The lowest BCUT2D eigenvalue weighted by Gasteiger charge is -2.32. The summed E-state index contributed by atoms with van der Waals surface area (Å²) in [5, 5.41) is 0. The van der Waals surface area contributed by atoms with Crippen LogP contribution in [0.4, 0.5) is 5.69 Å². The Balaban J connectivity index is 1.69. The number of anilines is 1. The van der Waals surface area contributed by atoms with Crippen LogP contribution in [0, 0.1) is 0 Å². The first-order valence-corrected chi connectivity index (χ1v) is 8.91. The van der Waals surface area contributed by atoms with Crippen LogP contribution in [-0.2, 0) is 16.1 Å². The van der Waals surface area contributed by atoms with E-state index in [9.17, 15) is 4.79 Å². The van der Waals surface area contributed by atoms with E-state index in [0.717, 1.165) is 37.2 Å². The van der Waals surface area contributed by atoms with Crippen LogP contribution in [0.1, 0.15) is 18.4 Å². The van der Waals surface area contributed by atoms with Crippen molar-refractivity contribution in [2.45, 2.75) is 25.5 Å². The van der Waals surface area contributed by atoms with Crippen LogP contribution in [-0.4, -0.2) is 43.7 Å². The maximum atomic E-state index is 13.0. The largest absolute Gasteiger partial charge is 0.381 e. The Morgan fingerprint density at radius 1 is 1.04 bits per heavy atom. The summed E-state index contributed by atoms with van der Waals surface area (Å²) < 4.78 is 5.42. The van der Waals surface area contributed by atoms with Gasteiger partial charge in [0.2, 0.25) is 5.91 Å². The molecular weight excluding hydrogens is 312 g/mol. The van der Waals surface area contributed by atoms with E-state index in [1.54, 1.807) is 7.11 Å². The molecule has 4 heteroatoms. The van der Waals surface area contributed by atoms with Gasteiger partial charge in [0.05, 0.1) is 19.2 Å². The molecule has 1 amide bonds. The van der Waals surface area contributed by atoms with Gasteiger partial charge in [-0.25, -0.2) is 0 Å². The maximum absolute atomic E-state index is 13.0. The molecule has 132 valence electrons. The van der Waals surface area contributed by atoms with Gasteiger partial charge in [0.15, 0.2) is 0 Å². The zero-order valence-corrected chi connectivity index (χ0v) is 14.8. The summed E-state index contributed by atoms with van der Waals surface area (Å²) in [6.45, 7) is 2.88. The second-order valence-electron chi connectivity index (χ2n) is 6.51. The van der Waals surface area contributed by atoms with Crippen molar-refractivity contribution in [3.8, 4) is 0 Å². The lowest BCUT2D eigenvalue weighted by Crippen LogP contribution is -2.44. The Kier molecular flexibility index (Phi) is 6.20. The highest BCUT2D eigenvalue weighted by Crippen LogP contribution is 2.19. The van der Waals surface area contributed by atoms with E-state index in [0.29, 0.717) is 19.2 Å². The zero-order valence-electron chi connectivity index (χ0n) is 14.8. The van der Waals surface area contributed by atoms with Crippen molar-refractivity contribution >= 4 is 11.6 Å². The minimum Gasteiger partial charge on any atom is -0.381 e. The molecule has 0 spiro atoms. The number of hydrogen-bond acceptors (Lipinski definition) is 3. The molecule has 0 unspecified atom stereocenters. The number of nitrogens with zero attached hydrogens (tertiary/aromatic N) is 2. The van der Waals surface area contributed by atoms with Gasteiger partial charge in [0, 0.05) is 25.9 Å². The maximum Gasteiger partial charge on any atom is 0.241 e. The van der Waals surface area contributed by atoms with Crippen molar-refractivity contribution < 1.29 is 9.53 Å². The van der Waals surface area contributed by atoms with Gasteiger partial charge < -0.3 is 9.64 Å². The first-order valence-electron chi connectivity index (χ1n) is 8.91. The van der Waals surface area contributed by atoms with Crippen LogP contribution < -0.4 is 4.90 Å². The summed E-state index contributed by atoms with van der Waals surface area (Å²) >= 11 is 0. The first kappa shape index (κ1) is 17.6. The monoisotopic (exact) mass is 338 g/mol. The smallest absolute Gasteiger partial charge is 0.241 e. The van der Waals surface area contributed by atoms with E-state index in [1.807, 2.05) is 53.4 Å². The minimum atomic E-state index is 0.144. The second-order valence-corrected chi connectivity index (χ2v) is 6.51. The number of carbonyl (C=O) groups is 1. The number of amides is 1. The number of piperidine rings is 1. The summed E-state index contributed by atoms with van der Waals surface area (Å²) in [7, 11) is 1.77. The molecule has 3 rings (SSSR count). The van der Waals surface area contributed by atoms with Gasteiger partial charge >= 0.3 is 0 Å². The van der Waals surface area contributed by atoms with Crippen molar-refractivity contribution in [1.82, 2.24) is 4.90 Å². The number of likely N-dealkylation sites (tertiary alicyclic amines) is 1. The van der Waals surface area contributed by atoms with Gasteiger partial charge in [-0.2, -0.15) is 0 Å². The van der Waals surface area contributed by atoms with Crippen LogP contribution in [0.5, 0.6) is 0 Å². The van der Waals surface area contributed by atoms with E-state index >= 15 is 0 Å². The molecule has 0 bridgehead atoms. The van der Waals surface area contributed by atoms with Crippen molar-refractivity contribution in [2.24, 2.45) is 0 Å². The summed E-state index contributed by atoms with van der Waals surface area (Å²) in [5.74, 6) is 0.144. The highest BCUT2D eigenvalue weighted by molar-refractivity contribution is 5.94. The van der Waals surface area contributed by atoms with E-state index in [1.165, 1.54) is 0 Å². The molecule has 2 aromatic carbocycles. The van der Waals surface area contributed by atoms with Gasteiger partial charge in [-0.1, -0.05) is 48.5 Å². The first-order chi connectivity index (χ1) is 12.3. The molecule has 1 fully saturated rings. The molecule has 0 aliphatic carbocycles. The fourth-order valence-electron chi connectivity index (χ4n) is 3.28. The number of benzene rings is 2. The average molecular weight is 338 g/mol. The van der Waals surface area contributed by atoms with Crippen molar-refractivity contribution in [3.05, 3.63) is 66.2 Å². The minimum absolute atomic E-state index is 0.144. The fourth-order valence-corrected chi connectivity index (χ4v) is 3.28. The zero-order chi connectivity index (χ0) is 17.5. The average Bonchev–Trinajstić information content (AvgIpc) is 2.68. The van der Waals surface area contributed by atoms with Crippen LogP contribution in [0.2, 0.25) is 0 Å². The molecule has 0 radical (unpaired) electrons. The lowest BCUT2D eigenvalue weighted by molar-refractivity contribution is -0.120. The van der Waals surface area contributed by atoms with Gasteiger partial charge in [0.25, 0.3) is 0 Å². The van der Waals surface area contributed by atoms with E-state index in [2.05, 4.69) is 17.0 Å². The standard InChI is InChI=1S/C21H26N2O2/c1-25-20-12-14-22(15-13-20)17-21(24)23(19-10-6-3-7-11-19)16-18-8-4-2-5-9-18/h2-11,20H,12-17H2,1H3. The topological polar surface area (TPSA) is 32.8 Å². The normalized spacial score (nSPS) is 15.9. The molecule has 1 heterocycles. The van der Waals surface area contributed by atoms with E-state index in [-0.39, 0.29) is 5.91 Å². The van der Waals surface area contributed by atoms with Crippen LogP contribution in [0.25, 0.3) is 0 Å².